The zero-order valence-corrected chi connectivity index (χ0v) is 15.8. The van der Waals surface area contributed by atoms with Gasteiger partial charge < -0.3 is 19.0 Å². The van der Waals surface area contributed by atoms with Crippen LogP contribution in [0.2, 0.25) is 0 Å². The van der Waals surface area contributed by atoms with E-state index >= 15 is 0 Å². The van der Waals surface area contributed by atoms with E-state index in [1.165, 1.54) is 42.5 Å². The second kappa shape index (κ2) is 8.06. The number of hydrogen-bond donors (Lipinski definition) is 1. The molecule has 0 bridgehead atoms. The first-order valence-electron chi connectivity index (χ1n) is 9.12. The van der Waals surface area contributed by atoms with E-state index in [1.807, 2.05) is 18.2 Å². The van der Waals surface area contributed by atoms with Crippen molar-refractivity contribution in [1.82, 2.24) is 0 Å². The van der Waals surface area contributed by atoms with Crippen molar-refractivity contribution in [3.8, 4) is 28.6 Å². The summed E-state index contributed by atoms with van der Waals surface area (Å²) in [5.41, 5.74) is 1.03. The molecule has 0 saturated carbocycles. The van der Waals surface area contributed by atoms with Crippen LogP contribution in [-0.2, 0) is 6.61 Å². The molecule has 0 aliphatic carbocycles. The fourth-order valence-corrected chi connectivity index (χ4v) is 3.03. The van der Waals surface area contributed by atoms with E-state index in [2.05, 4.69) is 4.74 Å². The Hall–Kier alpha value is -3.94. The second-order valence-corrected chi connectivity index (χ2v) is 6.64. The molecule has 0 amide bonds. The van der Waals surface area contributed by atoms with E-state index in [9.17, 15) is 23.1 Å². The van der Waals surface area contributed by atoms with Crippen LogP contribution in [0.3, 0.4) is 0 Å². The summed E-state index contributed by atoms with van der Waals surface area (Å²) in [6, 6.07) is 18.3. The number of alkyl halides is 3. The Labute approximate surface area is 173 Å². The van der Waals surface area contributed by atoms with E-state index in [0.29, 0.717) is 16.9 Å². The van der Waals surface area contributed by atoms with E-state index in [4.69, 9.17) is 9.15 Å². The predicted octanol–water partition coefficient (Wildman–Crippen LogP) is 5.64. The molecule has 4 rings (SSSR count). The molecule has 0 aliphatic rings. The summed E-state index contributed by atoms with van der Waals surface area (Å²) in [7, 11) is 0. The molecule has 3 aromatic carbocycles. The fourth-order valence-electron chi connectivity index (χ4n) is 3.03. The van der Waals surface area contributed by atoms with Crippen LogP contribution in [0.4, 0.5) is 13.2 Å². The SMILES string of the molecule is O=c1cc(-c2ccccc2)oc2cc(OCc3ccc(OC(F)(F)F)cc3)cc(O)c12. The highest BCUT2D eigenvalue weighted by molar-refractivity contribution is 5.86. The summed E-state index contributed by atoms with van der Waals surface area (Å²) in [5.74, 6) is -0.0616. The molecular weight excluding hydrogens is 413 g/mol. The van der Waals surface area contributed by atoms with Gasteiger partial charge in [-0.25, -0.2) is 0 Å². The van der Waals surface area contributed by atoms with Crippen molar-refractivity contribution in [3.05, 3.63) is 88.6 Å². The Morgan fingerprint density at radius 3 is 2.29 bits per heavy atom. The van der Waals surface area contributed by atoms with Crippen molar-refractivity contribution >= 4 is 11.0 Å². The molecule has 0 saturated heterocycles. The number of ether oxygens (including phenoxy) is 2. The summed E-state index contributed by atoms with van der Waals surface area (Å²) >= 11 is 0. The number of phenolic OH excluding ortho intramolecular Hbond substituents is 1. The van der Waals surface area contributed by atoms with Gasteiger partial charge in [0.05, 0.1) is 0 Å². The summed E-state index contributed by atoms with van der Waals surface area (Å²) in [6.07, 6.45) is -4.76. The molecule has 0 radical (unpaired) electrons. The molecule has 0 aliphatic heterocycles. The minimum absolute atomic E-state index is 0.0137. The van der Waals surface area contributed by atoms with Gasteiger partial charge in [-0.05, 0) is 17.7 Å². The molecule has 0 fully saturated rings. The highest BCUT2D eigenvalue weighted by Crippen LogP contribution is 2.31. The molecule has 5 nitrogen and oxygen atoms in total. The molecule has 0 atom stereocenters. The van der Waals surface area contributed by atoms with Gasteiger partial charge in [0.2, 0.25) is 0 Å². The van der Waals surface area contributed by atoms with Gasteiger partial charge in [0, 0.05) is 23.8 Å². The van der Waals surface area contributed by atoms with Crippen LogP contribution in [0.5, 0.6) is 17.2 Å². The second-order valence-electron chi connectivity index (χ2n) is 6.64. The first-order chi connectivity index (χ1) is 14.8. The van der Waals surface area contributed by atoms with Crippen molar-refractivity contribution in [1.29, 1.82) is 0 Å². The van der Waals surface area contributed by atoms with Gasteiger partial charge in [-0.15, -0.1) is 13.2 Å². The van der Waals surface area contributed by atoms with Crippen LogP contribution < -0.4 is 14.9 Å². The fraction of sp³-hybridized carbons (Fsp3) is 0.0870. The molecule has 8 heteroatoms. The van der Waals surface area contributed by atoms with Crippen LogP contribution >= 0.6 is 0 Å². The average molecular weight is 428 g/mol. The third kappa shape index (κ3) is 4.80. The maximum Gasteiger partial charge on any atom is 0.573 e. The topological polar surface area (TPSA) is 68.9 Å². The Morgan fingerprint density at radius 1 is 0.903 bits per heavy atom. The number of benzene rings is 3. The average Bonchev–Trinajstić information content (AvgIpc) is 2.72. The minimum Gasteiger partial charge on any atom is -0.507 e. The van der Waals surface area contributed by atoms with Crippen LogP contribution in [0.15, 0.2) is 82.0 Å². The summed E-state index contributed by atoms with van der Waals surface area (Å²) < 4.78 is 52.0. The predicted molar refractivity (Wildman–Crippen MR) is 107 cm³/mol. The molecule has 1 heterocycles. The molecule has 1 N–H and O–H groups in total. The normalized spacial score (nSPS) is 11.5. The van der Waals surface area contributed by atoms with E-state index in [1.54, 1.807) is 12.1 Å². The highest BCUT2D eigenvalue weighted by atomic mass is 19.4. The maximum absolute atomic E-state index is 12.5. The lowest BCUT2D eigenvalue weighted by Gasteiger charge is -2.11. The molecule has 0 unspecified atom stereocenters. The number of aromatic hydroxyl groups is 1. The van der Waals surface area contributed by atoms with Crippen molar-refractivity contribution in [2.45, 2.75) is 13.0 Å². The molecular formula is C23H15F3O5. The van der Waals surface area contributed by atoms with Crippen LogP contribution in [0.25, 0.3) is 22.3 Å². The van der Waals surface area contributed by atoms with E-state index in [-0.39, 0.29) is 34.8 Å². The third-order valence-corrected chi connectivity index (χ3v) is 4.40. The Morgan fingerprint density at radius 2 is 1.61 bits per heavy atom. The molecule has 4 aromatic rings. The van der Waals surface area contributed by atoms with Crippen molar-refractivity contribution in [2.75, 3.05) is 0 Å². The first kappa shape index (κ1) is 20.3. The number of phenols is 1. The minimum atomic E-state index is -4.76. The van der Waals surface area contributed by atoms with Gasteiger partial charge in [-0.3, -0.25) is 4.79 Å². The number of halogens is 3. The number of fused-ring (bicyclic) bond motifs is 1. The van der Waals surface area contributed by atoms with E-state index < -0.39 is 11.8 Å². The standard InChI is InChI=1S/C23H15F3O5/c24-23(25,26)31-16-8-6-14(7-9-16)13-29-17-10-18(27)22-19(28)12-20(30-21(22)11-17)15-4-2-1-3-5-15/h1-12,27H,13H2. The molecule has 1 aromatic heterocycles. The van der Waals surface area contributed by atoms with Gasteiger partial charge in [0.15, 0.2) is 5.43 Å². The first-order valence-corrected chi connectivity index (χ1v) is 9.12. The van der Waals surface area contributed by atoms with Gasteiger partial charge in [-0.1, -0.05) is 42.5 Å². The quantitative estimate of drug-likeness (QED) is 0.445. The lowest BCUT2D eigenvalue weighted by atomic mass is 10.1. The maximum atomic E-state index is 12.5. The summed E-state index contributed by atoms with van der Waals surface area (Å²) in [5, 5.41) is 10.3. The van der Waals surface area contributed by atoms with Gasteiger partial charge in [-0.2, -0.15) is 0 Å². The largest absolute Gasteiger partial charge is 0.573 e. The summed E-state index contributed by atoms with van der Waals surface area (Å²) in [4.78, 5) is 12.5. The zero-order valence-electron chi connectivity index (χ0n) is 15.8. The zero-order chi connectivity index (χ0) is 22.0. The van der Waals surface area contributed by atoms with Crippen molar-refractivity contribution in [2.24, 2.45) is 0 Å². The van der Waals surface area contributed by atoms with Gasteiger partial charge in [0.25, 0.3) is 0 Å². The lowest BCUT2D eigenvalue weighted by molar-refractivity contribution is -0.274. The molecule has 31 heavy (non-hydrogen) atoms. The smallest absolute Gasteiger partial charge is 0.507 e. The molecule has 158 valence electrons. The van der Waals surface area contributed by atoms with Crippen LogP contribution in [0.1, 0.15) is 5.56 Å². The number of rotatable bonds is 5. The third-order valence-electron chi connectivity index (χ3n) is 4.40. The van der Waals surface area contributed by atoms with Crippen molar-refractivity contribution in [3.63, 3.8) is 0 Å². The highest BCUT2D eigenvalue weighted by Gasteiger charge is 2.30. The number of hydrogen-bond acceptors (Lipinski definition) is 5. The Balaban J connectivity index is 1.58. The van der Waals surface area contributed by atoms with Crippen molar-refractivity contribution < 1.29 is 32.2 Å². The van der Waals surface area contributed by atoms with Gasteiger partial charge in [0.1, 0.15) is 40.6 Å². The van der Waals surface area contributed by atoms with Crippen LogP contribution in [-0.4, -0.2) is 11.5 Å². The molecule has 0 spiro atoms. The Kier molecular flexibility index (Phi) is 5.29. The van der Waals surface area contributed by atoms with E-state index in [0.717, 1.165) is 0 Å². The Bertz CT molecular complexity index is 1260. The summed E-state index contributed by atoms with van der Waals surface area (Å²) in [6.45, 7) is 0.0137. The van der Waals surface area contributed by atoms with Crippen LogP contribution in [0, 0.1) is 0 Å². The monoisotopic (exact) mass is 428 g/mol. The van der Waals surface area contributed by atoms with Gasteiger partial charge >= 0.3 is 6.36 Å². The lowest BCUT2D eigenvalue weighted by Crippen LogP contribution is -2.17.